The van der Waals surface area contributed by atoms with E-state index in [0.29, 0.717) is 0 Å². The number of benzene rings is 1. The van der Waals surface area contributed by atoms with Crippen LogP contribution in [0.1, 0.15) is 6.42 Å². The molecule has 1 unspecified atom stereocenters. The summed E-state index contributed by atoms with van der Waals surface area (Å²) in [7, 11) is 0. The lowest BCUT2D eigenvalue weighted by Gasteiger charge is -2.16. The van der Waals surface area contributed by atoms with E-state index in [1.807, 2.05) is 0 Å². The van der Waals surface area contributed by atoms with Crippen LogP contribution in [0.5, 0.6) is 5.75 Å². The van der Waals surface area contributed by atoms with Crippen molar-refractivity contribution in [1.82, 2.24) is 4.98 Å². The zero-order valence-electron chi connectivity index (χ0n) is 11.5. The average Bonchev–Trinajstić information content (AvgIpc) is 2.97. The van der Waals surface area contributed by atoms with Crippen molar-refractivity contribution >= 4 is 28.3 Å². The molecular formula is C14H11F3N2O3S. The molecule has 1 N–H and O–H groups in total. The summed E-state index contributed by atoms with van der Waals surface area (Å²) in [6.07, 6.45) is -4.93. The highest BCUT2D eigenvalue weighted by Crippen LogP contribution is 2.27. The number of nitrogens with zero attached hydrogens (tertiary/aromatic N) is 1. The normalized spacial score (nSPS) is 12.5. The molecule has 2 rings (SSSR count). The number of ether oxygens (including phenoxy) is 1. The average molecular weight is 344 g/mol. The number of carbonyl (C=O) groups is 2. The number of nitrogens with one attached hydrogen (secondary N) is 1. The van der Waals surface area contributed by atoms with Crippen molar-refractivity contribution in [2.24, 2.45) is 5.92 Å². The molecule has 0 aliphatic carbocycles. The molecule has 1 aromatic heterocycles. The maximum Gasteiger partial charge on any atom is 0.390 e. The molecule has 0 radical (unpaired) electrons. The Bertz CT molecular complexity index is 660. The number of para-hydroxylation sites is 1. The fourth-order valence-corrected chi connectivity index (χ4v) is 2.20. The van der Waals surface area contributed by atoms with Gasteiger partial charge in [0.25, 0.3) is 0 Å². The van der Waals surface area contributed by atoms with Gasteiger partial charge in [0.1, 0.15) is 11.7 Å². The molecule has 9 heteroatoms. The molecule has 2 aromatic rings. The van der Waals surface area contributed by atoms with E-state index >= 15 is 0 Å². The minimum absolute atomic E-state index is 0.0618. The second-order valence-corrected chi connectivity index (χ2v) is 5.33. The lowest BCUT2D eigenvalue weighted by molar-refractivity contribution is -0.165. The highest BCUT2D eigenvalue weighted by Gasteiger charge is 2.41. The molecule has 122 valence electrons. The summed E-state index contributed by atoms with van der Waals surface area (Å²) in [5.41, 5.74) is 0. The van der Waals surface area contributed by atoms with Crippen molar-refractivity contribution in [3.63, 3.8) is 0 Å². The van der Waals surface area contributed by atoms with Gasteiger partial charge < -0.3 is 10.1 Å². The van der Waals surface area contributed by atoms with Crippen LogP contribution in [-0.4, -0.2) is 23.0 Å². The predicted octanol–water partition coefficient (Wildman–Crippen LogP) is 3.26. The molecule has 1 heterocycles. The molecule has 1 amide bonds. The summed E-state index contributed by atoms with van der Waals surface area (Å²) in [6, 6.07) is 7.57. The van der Waals surface area contributed by atoms with Gasteiger partial charge in [-0.2, -0.15) is 13.2 Å². The van der Waals surface area contributed by atoms with Crippen molar-refractivity contribution in [3.8, 4) is 5.75 Å². The van der Waals surface area contributed by atoms with Crippen molar-refractivity contribution in [2.75, 3.05) is 5.32 Å². The monoisotopic (exact) mass is 344 g/mol. The zero-order chi connectivity index (χ0) is 16.9. The van der Waals surface area contributed by atoms with Gasteiger partial charge in [0, 0.05) is 11.6 Å². The topological polar surface area (TPSA) is 68.3 Å². The van der Waals surface area contributed by atoms with Crippen LogP contribution < -0.4 is 10.1 Å². The molecule has 1 atom stereocenters. The van der Waals surface area contributed by atoms with E-state index in [1.165, 1.54) is 23.7 Å². The summed E-state index contributed by atoms with van der Waals surface area (Å²) in [5.74, 6) is -4.34. The van der Waals surface area contributed by atoms with E-state index < -0.39 is 30.4 Å². The molecule has 5 nitrogen and oxygen atoms in total. The first-order chi connectivity index (χ1) is 10.8. The van der Waals surface area contributed by atoms with Gasteiger partial charge in [-0.15, -0.1) is 11.3 Å². The number of hydrogen-bond acceptors (Lipinski definition) is 5. The van der Waals surface area contributed by atoms with Gasteiger partial charge in [0.15, 0.2) is 5.13 Å². The number of halogens is 3. The molecule has 0 fully saturated rings. The van der Waals surface area contributed by atoms with Gasteiger partial charge in [-0.3, -0.25) is 9.59 Å². The van der Waals surface area contributed by atoms with Crippen molar-refractivity contribution in [3.05, 3.63) is 41.9 Å². The fraction of sp³-hybridized carbons (Fsp3) is 0.214. The minimum Gasteiger partial charge on any atom is -0.426 e. The Labute approximate surface area is 133 Å². The third kappa shape index (κ3) is 5.37. The third-order valence-electron chi connectivity index (χ3n) is 2.66. The Kier molecular flexibility index (Phi) is 5.32. The van der Waals surface area contributed by atoms with Gasteiger partial charge in [-0.05, 0) is 12.1 Å². The number of esters is 1. The van der Waals surface area contributed by atoms with Crippen LogP contribution in [0.25, 0.3) is 0 Å². The van der Waals surface area contributed by atoms with Gasteiger partial charge in [-0.1, -0.05) is 18.2 Å². The van der Waals surface area contributed by atoms with Crippen LogP contribution in [-0.2, 0) is 9.59 Å². The summed E-state index contributed by atoms with van der Waals surface area (Å²) < 4.78 is 42.8. The first-order valence-electron chi connectivity index (χ1n) is 6.39. The van der Waals surface area contributed by atoms with Crippen molar-refractivity contribution < 1.29 is 27.5 Å². The molecule has 1 aromatic carbocycles. The molecule has 0 bridgehead atoms. The van der Waals surface area contributed by atoms with Gasteiger partial charge in [0.05, 0.1) is 6.42 Å². The number of thiazole rings is 1. The number of aromatic nitrogens is 1. The standard InChI is InChI=1S/C14H11F3N2O3S/c15-14(16,17)8-10(11(20)19-13-18-6-7-23-13)12(21)22-9-4-2-1-3-5-9/h1-7,10H,8H2,(H,18,19,20). The zero-order valence-corrected chi connectivity index (χ0v) is 12.4. The Morgan fingerprint density at radius 2 is 1.96 bits per heavy atom. The van der Waals surface area contributed by atoms with Crippen molar-refractivity contribution in [2.45, 2.75) is 12.6 Å². The maximum atomic E-state index is 12.6. The second kappa shape index (κ2) is 7.23. The highest BCUT2D eigenvalue weighted by molar-refractivity contribution is 7.13. The Morgan fingerprint density at radius 1 is 1.26 bits per heavy atom. The van der Waals surface area contributed by atoms with E-state index in [-0.39, 0.29) is 10.9 Å². The van der Waals surface area contributed by atoms with E-state index in [4.69, 9.17) is 4.74 Å². The van der Waals surface area contributed by atoms with E-state index in [1.54, 1.807) is 18.2 Å². The molecular weight excluding hydrogens is 333 g/mol. The summed E-state index contributed by atoms with van der Waals surface area (Å²) in [5, 5.41) is 3.82. The number of amides is 1. The number of hydrogen-bond donors (Lipinski definition) is 1. The number of alkyl halides is 3. The first-order valence-corrected chi connectivity index (χ1v) is 7.27. The molecule has 0 aliphatic heterocycles. The van der Waals surface area contributed by atoms with Crippen LogP contribution in [0.4, 0.5) is 18.3 Å². The van der Waals surface area contributed by atoms with Gasteiger partial charge >= 0.3 is 12.1 Å². The Morgan fingerprint density at radius 3 is 2.52 bits per heavy atom. The number of anilines is 1. The van der Waals surface area contributed by atoms with Gasteiger partial charge in [-0.25, -0.2) is 4.98 Å². The largest absolute Gasteiger partial charge is 0.426 e. The minimum atomic E-state index is -4.69. The first kappa shape index (κ1) is 16.9. The van der Waals surface area contributed by atoms with Crippen LogP contribution in [0.15, 0.2) is 41.9 Å². The molecule has 0 spiro atoms. The summed E-state index contributed by atoms with van der Waals surface area (Å²) >= 11 is 1.03. The lowest BCUT2D eigenvalue weighted by Crippen LogP contribution is -2.36. The van der Waals surface area contributed by atoms with Crippen LogP contribution >= 0.6 is 11.3 Å². The predicted molar refractivity (Wildman–Crippen MR) is 77.0 cm³/mol. The molecule has 0 saturated carbocycles. The summed E-state index contributed by atoms with van der Waals surface area (Å²) in [4.78, 5) is 27.7. The molecule has 0 aliphatic rings. The maximum absolute atomic E-state index is 12.6. The summed E-state index contributed by atoms with van der Waals surface area (Å²) in [6.45, 7) is 0. The Balaban J connectivity index is 2.12. The van der Waals surface area contributed by atoms with Crippen LogP contribution in [0.2, 0.25) is 0 Å². The van der Waals surface area contributed by atoms with E-state index in [2.05, 4.69) is 10.3 Å². The smallest absolute Gasteiger partial charge is 0.390 e. The molecule has 23 heavy (non-hydrogen) atoms. The van der Waals surface area contributed by atoms with Crippen LogP contribution in [0, 0.1) is 5.92 Å². The SMILES string of the molecule is O=C(Nc1nccs1)C(CC(F)(F)F)C(=O)Oc1ccccc1. The quantitative estimate of drug-likeness (QED) is 0.514. The van der Waals surface area contributed by atoms with E-state index in [0.717, 1.165) is 11.3 Å². The number of carbonyl (C=O) groups excluding carboxylic acids is 2. The van der Waals surface area contributed by atoms with Gasteiger partial charge in [0.2, 0.25) is 5.91 Å². The number of rotatable bonds is 5. The lowest BCUT2D eigenvalue weighted by atomic mass is 10.0. The second-order valence-electron chi connectivity index (χ2n) is 4.43. The van der Waals surface area contributed by atoms with E-state index in [9.17, 15) is 22.8 Å². The van der Waals surface area contributed by atoms with Crippen LogP contribution in [0.3, 0.4) is 0 Å². The third-order valence-corrected chi connectivity index (χ3v) is 3.35. The molecule has 0 saturated heterocycles. The highest BCUT2D eigenvalue weighted by atomic mass is 32.1. The fourth-order valence-electron chi connectivity index (χ4n) is 1.67. The van der Waals surface area contributed by atoms with Crippen molar-refractivity contribution in [1.29, 1.82) is 0 Å². The Hall–Kier alpha value is -2.42.